The molecule has 0 aliphatic heterocycles. The Morgan fingerprint density at radius 3 is 2.74 bits per heavy atom. The summed E-state index contributed by atoms with van der Waals surface area (Å²) in [4.78, 5) is 11.6. The van der Waals surface area contributed by atoms with Crippen molar-refractivity contribution >= 4 is 5.97 Å². The maximum Gasteiger partial charge on any atom is 0.307 e. The lowest BCUT2D eigenvalue weighted by Crippen LogP contribution is -2.11. The second kappa shape index (κ2) is 9.17. The number of rotatable bonds is 9. The lowest BCUT2D eigenvalue weighted by Gasteiger charge is -2.15. The topological polar surface area (TPSA) is 55.8 Å². The third-order valence-corrected chi connectivity index (χ3v) is 7.37. The minimum absolute atomic E-state index is 0.170. The number of hydrogen-bond donors (Lipinski definition) is 1. The fourth-order valence-corrected chi connectivity index (χ4v) is 5.34. The van der Waals surface area contributed by atoms with Gasteiger partial charge in [-0.1, -0.05) is 61.4 Å². The minimum atomic E-state index is -0.677. The van der Waals surface area contributed by atoms with Gasteiger partial charge in [-0.25, -0.2) is 0 Å². The molecule has 0 aromatic heterocycles. The smallest absolute Gasteiger partial charge is 0.307 e. The van der Waals surface area contributed by atoms with E-state index < -0.39 is 5.97 Å². The van der Waals surface area contributed by atoms with Gasteiger partial charge in [0.05, 0.1) is 12.5 Å². The van der Waals surface area contributed by atoms with E-state index in [1.807, 2.05) is 6.07 Å². The summed E-state index contributed by atoms with van der Waals surface area (Å²) in [6, 6.07) is 21.0. The van der Waals surface area contributed by atoms with E-state index in [-0.39, 0.29) is 11.3 Å². The monoisotopic (exact) mass is 456 g/mol. The van der Waals surface area contributed by atoms with Crippen LogP contribution in [0.5, 0.6) is 11.5 Å². The molecule has 5 rings (SSSR count). The van der Waals surface area contributed by atoms with Crippen molar-refractivity contribution in [2.45, 2.75) is 58.0 Å². The second-order valence-corrected chi connectivity index (χ2v) is 9.76. The van der Waals surface area contributed by atoms with Gasteiger partial charge in [-0.3, -0.25) is 4.79 Å². The first-order valence-electron chi connectivity index (χ1n) is 12.3. The zero-order chi connectivity index (χ0) is 23.7. The van der Waals surface area contributed by atoms with Crippen LogP contribution in [0.2, 0.25) is 0 Å². The van der Waals surface area contributed by atoms with Gasteiger partial charge in [0.2, 0.25) is 0 Å². The molecule has 0 heterocycles. The summed E-state index contributed by atoms with van der Waals surface area (Å²) in [6.45, 7) is 5.39. The van der Waals surface area contributed by atoms with Crippen LogP contribution in [0.25, 0.3) is 11.1 Å². The number of carboxylic acids is 1. The van der Waals surface area contributed by atoms with Crippen LogP contribution in [-0.4, -0.2) is 17.7 Å². The third kappa shape index (κ3) is 4.29. The summed E-state index contributed by atoms with van der Waals surface area (Å²) >= 11 is 0. The lowest BCUT2D eigenvalue weighted by atomic mass is 9.95. The van der Waals surface area contributed by atoms with Crippen molar-refractivity contribution in [3.63, 3.8) is 0 Å². The molecule has 2 aliphatic carbocycles. The summed E-state index contributed by atoms with van der Waals surface area (Å²) in [5.41, 5.74) is 6.79. The van der Waals surface area contributed by atoms with Crippen LogP contribution in [0.4, 0.5) is 0 Å². The Kier molecular flexibility index (Phi) is 6.07. The van der Waals surface area contributed by atoms with Gasteiger partial charge in [0.25, 0.3) is 0 Å². The van der Waals surface area contributed by atoms with Gasteiger partial charge in [-0.15, -0.1) is 0 Å². The van der Waals surface area contributed by atoms with Crippen molar-refractivity contribution < 1.29 is 19.4 Å². The summed E-state index contributed by atoms with van der Waals surface area (Å²) in [6.07, 6.45) is 4.74. The fourth-order valence-electron chi connectivity index (χ4n) is 5.34. The molecule has 1 spiro atoms. The van der Waals surface area contributed by atoms with Gasteiger partial charge < -0.3 is 14.6 Å². The molecule has 3 aromatic carbocycles. The number of carboxylic acid groups (broad SMARTS) is 1. The molecular formula is C30H32O4. The lowest BCUT2D eigenvalue weighted by molar-refractivity contribution is -0.139. The Hall–Kier alpha value is -3.27. The molecule has 0 saturated heterocycles. The SMILES string of the molecule is CCCCOc1cc(COc2ccc3c(c2)[C@]2(CC3)C[C@H]2C(=O)O)ccc1-c1cccc(C)c1. The van der Waals surface area contributed by atoms with E-state index in [0.717, 1.165) is 60.3 Å². The molecule has 0 bridgehead atoms. The average molecular weight is 457 g/mol. The zero-order valence-electron chi connectivity index (χ0n) is 20.0. The molecule has 2 aliphatic rings. The standard InChI is InChI=1S/C30H32O4/c1-3-4-14-33-28-16-21(8-11-25(28)23-7-5-6-20(2)15-23)19-34-24-10-9-22-12-13-30(26(22)17-24)18-27(30)29(31)32/h5-11,15-17,27H,3-4,12-14,18-19H2,1-2H3,(H,31,32)/t27-,30-/m0/s1. The molecule has 3 aromatic rings. The Bertz CT molecular complexity index is 1210. The van der Waals surface area contributed by atoms with Crippen molar-refractivity contribution in [2.75, 3.05) is 6.61 Å². The Morgan fingerprint density at radius 2 is 1.97 bits per heavy atom. The van der Waals surface area contributed by atoms with E-state index in [9.17, 15) is 9.90 Å². The van der Waals surface area contributed by atoms with Crippen LogP contribution in [0, 0.1) is 12.8 Å². The first-order valence-corrected chi connectivity index (χ1v) is 12.3. The predicted octanol–water partition coefficient (Wildman–Crippen LogP) is 6.71. The molecule has 2 atom stereocenters. The number of benzene rings is 3. The predicted molar refractivity (Wildman–Crippen MR) is 134 cm³/mol. The Morgan fingerprint density at radius 1 is 1.09 bits per heavy atom. The maximum absolute atomic E-state index is 11.6. The maximum atomic E-state index is 11.6. The number of ether oxygens (including phenoxy) is 2. The molecule has 176 valence electrons. The quantitative estimate of drug-likeness (QED) is 0.364. The van der Waals surface area contributed by atoms with Crippen molar-refractivity contribution in [2.24, 2.45) is 5.92 Å². The highest BCUT2D eigenvalue weighted by atomic mass is 16.5. The van der Waals surface area contributed by atoms with Crippen molar-refractivity contribution in [1.29, 1.82) is 0 Å². The highest BCUT2D eigenvalue weighted by molar-refractivity contribution is 5.78. The van der Waals surface area contributed by atoms with Gasteiger partial charge in [-0.05, 0) is 73.1 Å². The third-order valence-electron chi connectivity index (χ3n) is 7.37. The van der Waals surface area contributed by atoms with Crippen molar-refractivity contribution in [3.05, 3.63) is 82.9 Å². The van der Waals surface area contributed by atoms with E-state index in [1.54, 1.807) is 0 Å². The Balaban J connectivity index is 1.35. The van der Waals surface area contributed by atoms with E-state index in [2.05, 4.69) is 68.4 Å². The molecule has 1 fully saturated rings. The number of hydrogen-bond acceptors (Lipinski definition) is 3. The molecule has 1 saturated carbocycles. The number of aliphatic carboxylic acids is 1. The van der Waals surface area contributed by atoms with Crippen molar-refractivity contribution in [1.82, 2.24) is 0 Å². The highest BCUT2D eigenvalue weighted by Crippen LogP contribution is 2.62. The number of fused-ring (bicyclic) bond motifs is 2. The van der Waals surface area contributed by atoms with Gasteiger partial charge in [0, 0.05) is 11.0 Å². The van der Waals surface area contributed by atoms with E-state index >= 15 is 0 Å². The van der Waals surface area contributed by atoms with Gasteiger partial charge in [-0.2, -0.15) is 0 Å². The van der Waals surface area contributed by atoms with E-state index in [1.165, 1.54) is 16.7 Å². The van der Waals surface area contributed by atoms with Crippen LogP contribution in [0.1, 0.15) is 54.9 Å². The van der Waals surface area contributed by atoms with Gasteiger partial charge >= 0.3 is 5.97 Å². The number of unbranched alkanes of at least 4 members (excludes halogenated alkanes) is 1. The normalized spacial score (nSPS) is 20.2. The molecule has 34 heavy (non-hydrogen) atoms. The minimum Gasteiger partial charge on any atom is -0.493 e. The zero-order valence-corrected chi connectivity index (χ0v) is 20.0. The molecule has 0 unspecified atom stereocenters. The van der Waals surface area contributed by atoms with Crippen LogP contribution in [0.15, 0.2) is 60.7 Å². The fraction of sp³-hybridized carbons (Fsp3) is 0.367. The van der Waals surface area contributed by atoms with Crippen LogP contribution < -0.4 is 9.47 Å². The van der Waals surface area contributed by atoms with Crippen LogP contribution >= 0.6 is 0 Å². The highest BCUT2D eigenvalue weighted by Gasteiger charge is 2.61. The molecule has 4 nitrogen and oxygen atoms in total. The molecular weight excluding hydrogens is 424 g/mol. The summed E-state index contributed by atoms with van der Waals surface area (Å²) in [5, 5.41) is 9.51. The number of carbonyl (C=O) groups is 1. The summed E-state index contributed by atoms with van der Waals surface area (Å²) in [5.74, 6) is 0.757. The van der Waals surface area contributed by atoms with Crippen LogP contribution in [0.3, 0.4) is 0 Å². The van der Waals surface area contributed by atoms with Crippen molar-refractivity contribution in [3.8, 4) is 22.6 Å². The average Bonchev–Trinajstić information content (AvgIpc) is 3.47. The van der Waals surface area contributed by atoms with E-state index in [4.69, 9.17) is 9.47 Å². The summed E-state index contributed by atoms with van der Waals surface area (Å²) in [7, 11) is 0. The van der Waals surface area contributed by atoms with Gasteiger partial charge in [0.15, 0.2) is 0 Å². The summed E-state index contributed by atoms with van der Waals surface area (Å²) < 4.78 is 12.4. The first kappa shape index (κ1) is 22.5. The molecule has 4 heteroatoms. The molecule has 0 radical (unpaired) electrons. The molecule has 0 amide bonds. The second-order valence-electron chi connectivity index (χ2n) is 9.76. The first-order chi connectivity index (χ1) is 16.5. The number of aryl methyl sites for hydroxylation is 2. The largest absolute Gasteiger partial charge is 0.493 e. The van der Waals surface area contributed by atoms with E-state index in [0.29, 0.717) is 13.2 Å². The van der Waals surface area contributed by atoms with Crippen LogP contribution in [-0.2, 0) is 23.2 Å². The Labute approximate surface area is 201 Å². The van der Waals surface area contributed by atoms with Gasteiger partial charge in [0.1, 0.15) is 18.1 Å². The molecule has 1 N–H and O–H groups in total.